The highest BCUT2D eigenvalue weighted by Crippen LogP contribution is 2.37. The number of hydrogen-bond acceptors (Lipinski definition) is 5. The molecule has 0 bridgehead atoms. The fourth-order valence-corrected chi connectivity index (χ4v) is 2.00. The Morgan fingerprint density at radius 2 is 1.90 bits per heavy atom. The van der Waals surface area contributed by atoms with E-state index in [1.807, 2.05) is 19.1 Å². The molecule has 1 aliphatic heterocycles. The van der Waals surface area contributed by atoms with E-state index in [0.717, 1.165) is 11.3 Å². The minimum Gasteiger partial charge on any atom is -0.508 e. The first-order valence-electron chi connectivity index (χ1n) is 6.66. The van der Waals surface area contributed by atoms with E-state index >= 15 is 0 Å². The average Bonchev–Trinajstić information content (AvgIpc) is 2.94. The van der Waals surface area contributed by atoms with Crippen molar-refractivity contribution < 1.29 is 19.3 Å². The van der Waals surface area contributed by atoms with Crippen molar-refractivity contribution in [3.8, 4) is 23.0 Å². The van der Waals surface area contributed by atoms with Gasteiger partial charge in [0.2, 0.25) is 6.79 Å². The molecule has 0 fully saturated rings. The molecule has 1 heterocycles. The van der Waals surface area contributed by atoms with Gasteiger partial charge in [-0.25, -0.2) is 0 Å². The highest BCUT2D eigenvalue weighted by molar-refractivity contribution is 5.87. The molecular formula is C16H15NO4. The Morgan fingerprint density at radius 1 is 1.19 bits per heavy atom. The van der Waals surface area contributed by atoms with Crippen LogP contribution in [0.5, 0.6) is 23.0 Å². The Morgan fingerprint density at radius 3 is 2.62 bits per heavy atom. The second kappa shape index (κ2) is 5.75. The molecule has 108 valence electrons. The molecule has 21 heavy (non-hydrogen) atoms. The molecule has 1 N–H and O–H groups in total. The van der Waals surface area contributed by atoms with Crippen LogP contribution in [0, 0.1) is 0 Å². The summed E-state index contributed by atoms with van der Waals surface area (Å²) in [5.74, 6) is 2.28. The predicted octanol–water partition coefficient (Wildman–Crippen LogP) is 3.27. The van der Waals surface area contributed by atoms with Crippen molar-refractivity contribution in [3.05, 3.63) is 42.0 Å². The van der Waals surface area contributed by atoms with Crippen LogP contribution in [-0.2, 0) is 0 Å². The molecule has 3 rings (SSSR count). The number of rotatable bonds is 4. The van der Waals surface area contributed by atoms with E-state index in [9.17, 15) is 5.11 Å². The van der Waals surface area contributed by atoms with Crippen molar-refractivity contribution in [3.63, 3.8) is 0 Å². The second-order valence-corrected chi connectivity index (χ2v) is 4.45. The maximum atomic E-state index is 9.26. The summed E-state index contributed by atoms with van der Waals surface area (Å²) in [5, 5.41) is 9.26. The van der Waals surface area contributed by atoms with Gasteiger partial charge in [-0.05, 0) is 37.3 Å². The molecule has 0 saturated carbocycles. The van der Waals surface area contributed by atoms with Gasteiger partial charge in [0.15, 0.2) is 11.5 Å². The third-order valence-electron chi connectivity index (χ3n) is 3.01. The van der Waals surface area contributed by atoms with E-state index < -0.39 is 0 Å². The van der Waals surface area contributed by atoms with E-state index in [1.54, 1.807) is 30.5 Å². The zero-order chi connectivity index (χ0) is 14.7. The van der Waals surface area contributed by atoms with Gasteiger partial charge in [-0.3, -0.25) is 4.99 Å². The Balaban J connectivity index is 1.91. The van der Waals surface area contributed by atoms with Crippen molar-refractivity contribution in [1.29, 1.82) is 0 Å². The first kappa shape index (κ1) is 13.3. The number of ether oxygens (including phenoxy) is 3. The van der Waals surface area contributed by atoms with E-state index in [2.05, 4.69) is 4.99 Å². The molecule has 0 unspecified atom stereocenters. The molecule has 0 saturated heterocycles. The average molecular weight is 285 g/mol. The maximum Gasteiger partial charge on any atom is 0.231 e. The van der Waals surface area contributed by atoms with Crippen LogP contribution < -0.4 is 14.2 Å². The maximum absolute atomic E-state index is 9.26. The summed E-state index contributed by atoms with van der Waals surface area (Å²) < 4.78 is 16.3. The van der Waals surface area contributed by atoms with Gasteiger partial charge < -0.3 is 19.3 Å². The number of phenols is 1. The van der Waals surface area contributed by atoms with Gasteiger partial charge in [-0.15, -0.1) is 0 Å². The van der Waals surface area contributed by atoms with Crippen LogP contribution in [0.3, 0.4) is 0 Å². The van der Waals surface area contributed by atoms with Gasteiger partial charge in [0.1, 0.15) is 11.5 Å². The normalized spacial score (nSPS) is 12.8. The molecule has 0 spiro atoms. The SMILES string of the molecule is CCOc1cc2c(cc1C=Nc1ccc(O)cc1)OCO2. The van der Waals surface area contributed by atoms with Crippen molar-refractivity contribution in [2.24, 2.45) is 4.99 Å². The lowest BCUT2D eigenvalue weighted by Gasteiger charge is -2.08. The molecule has 0 aromatic heterocycles. The fourth-order valence-electron chi connectivity index (χ4n) is 2.00. The summed E-state index contributed by atoms with van der Waals surface area (Å²) >= 11 is 0. The highest BCUT2D eigenvalue weighted by Gasteiger charge is 2.17. The Bertz CT molecular complexity index is 665. The van der Waals surface area contributed by atoms with Crippen LogP contribution in [0.15, 0.2) is 41.4 Å². The van der Waals surface area contributed by atoms with Gasteiger partial charge in [0.05, 0.1) is 12.3 Å². The smallest absolute Gasteiger partial charge is 0.231 e. The Kier molecular flexibility index (Phi) is 3.64. The lowest BCUT2D eigenvalue weighted by atomic mass is 10.2. The number of hydrogen-bond donors (Lipinski definition) is 1. The zero-order valence-electron chi connectivity index (χ0n) is 11.6. The Labute approximate surface area is 122 Å². The third-order valence-corrected chi connectivity index (χ3v) is 3.01. The van der Waals surface area contributed by atoms with E-state index in [-0.39, 0.29) is 12.5 Å². The molecule has 0 radical (unpaired) electrons. The van der Waals surface area contributed by atoms with E-state index in [4.69, 9.17) is 14.2 Å². The van der Waals surface area contributed by atoms with Crippen molar-refractivity contribution in [2.75, 3.05) is 13.4 Å². The van der Waals surface area contributed by atoms with Gasteiger partial charge in [-0.2, -0.15) is 0 Å². The fraction of sp³-hybridized carbons (Fsp3) is 0.188. The summed E-state index contributed by atoms with van der Waals surface area (Å²) in [7, 11) is 0. The van der Waals surface area contributed by atoms with Gasteiger partial charge in [-0.1, -0.05) is 0 Å². The first-order chi connectivity index (χ1) is 10.3. The number of aromatic hydroxyl groups is 1. The number of benzene rings is 2. The van der Waals surface area contributed by atoms with Crippen LogP contribution in [0.4, 0.5) is 5.69 Å². The standard InChI is InChI=1S/C16H15NO4/c1-2-19-14-8-16-15(20-10-21-16)7-11(14)9-17-12-3-5-13(18)6-4-12/h3-9,18H,2,10H2,1H3. The number of aliphatic imine (C=N–C) groups is 1. The summed E-state index contributed by atoms with van der Waals surface area (Å²) in [6.07, 6.45) is 1.71. The van der Waals surface area contributed by atoms with E-state index in [0.29, 0.717) is 23.9 Å². The number of phenolic OH excluding ortho intramolecular Hbond substituents is 1. The minimum absolute atomic E-state index is 0.215. The highest BCUT2D eigenvalue weighted by atomic mass is 16.7. The molecule has 0 atom stereocenters. The summed E-state index contributed by atoms with van der Waals surface area (Å²) in [5.41, 5.74) is 1.56. The number of fused-ring (bicyclic) bond motifs is 1. The van der Waals surface area contributed by atoms with Gasteiger partial charge in [0, 0.05) is 17.8 Å². The van der Waals surface area contributed by atoms with Gasteiger partial charge >= 0.3 is 0 Å². The van der Waals surface area contributed by atoms with Crippen molar-refractivity contribution in [2.45, 2.75) is 6.92 Å². The monoisotopic (exact) mass is 285 g/mol. The minimum atomic E-state index is 0.215. The molecule has 2 aromatic rings. The van der Waals surface area contributed by atoms with Crippen LogP contribution in [0.1, 0.15) is 12.5 Å². The predicted molar refractivity (Wildman–Crippen MR) is 79.1 cm³/mol. The molecule has 0 amide bonds. The summed E-state index contributed by atoms with van der Waals surface area (Å²) in [4.78, 5) is 4.37. The van der Waals surface area contributed by atoms with E-state index in [1.165, 1.54) is 0 Å². The first-order valence-corrected chi connectivity index (χ1v) is 6.66. The largest absolute Gasteiger partial charge is 0.508 e. The summed E-state index contributed by atoms with van der Waals surface area (Å²) in [6, 6.07) is 10.3. The molecule has 0 aliphatic carbocycles. The molecule has 5 heteroatoms. The van der Waals surface area contributed by atoms with Gasteiger partial charge in [0.25, 0.3) is 0 Å². The van der Waals surface area contributed by atoms with Crippen molar-refractivity contribution >= 4 is 11.9 Å². The van der Waals surface area contributed by atoms with Crippen LogP contribution in [0.2, 0.25) is 0 Å². The molecular weight excluding hydrogens is 270 g/mol. The lowest BCUT2D eigenvalue weighted by molar-refractivity contribution is 0.174. The molecule has 2 aromatic carbocycles. The zero-order valence-corrected chi connectivity index (χ0v) is 11.6. The second-order valence-electron chi connectivity index (χ2n) is 4.45. The lowest BCUT2D eigenvalue weighted by Crippen LogP contribution is -1.96. The molecule has 5 nitrogen and oxygen atoms in total. The number of nitrogens with zero attached hydrogens (tertiary/aromatic N) is 1. The topological polar surface area (TPSA) is 60.3 Å². The molecule has 1 aliphatic rings. The summed E-state index contributed by atoms with van der Waals surface area (Å²) in [6.45, 7) is 2.70. The quantitative estimate of drug-likeness (QED) is 0.876. The van der Waals surface area contributed by atoms with Crippen LogP contribution >= 0.6 is 0 Å². The Hall–Kier alpha value is -2.69. The van der Waals surface area contributed by atoms with Crippen LogP contribution in [0.25, 0.3) is 0 Å². The van der Waals surface area contributed by atoms with Crippen molar-refractivity contribution in [1.82, 2.24) is 0 Å². The van der Waals surface area contributed by atoms with Crippen LogP contribution in [-0.4, -0.2) is 24.7 Å². The third kappa shape index (κ3) is 2.91.